The molecule has 2 atom stereocenters. The van der Waals surface area contributed by atoms with Crippen molar-refractivity contribution >= 4 is 11.0 Å². The summed E-state index contributed by atoms with van der Waals surface area (Å²) in [5, 5.41) is 0. The topological polar surface area (TPSA) is 68.8 Å². The van der Waals surface area contributed by atoms with Gasteiger partial charge in [-0.05, 0) is 35.9 Å². The minimum atomic E-state index is -1.12. The Hall–Kier alpha value is -2.91. The monoisotopic (exact) mass is 433 g/mol. The summed E-state index contributed by atoms with van der Waals surface area (Å²) >= 11 is 0. The smallest absolute Gasteiger partial charge is 0.203 e. The third-order valence-electron chi connectivity index (χ3n) is 5.33. The Labute approximate surface area is 178 Å². The van der Waals surface area contributed by atoms with Crippen LogP contribution in [0.3, 0.4) is 0 Å². The number of methoxy groups -OCH3 is 3. The number of aromatic nitrogens is 2. The van der Waals surface area contributed by atoms with Crippen molar-refractivity contribution in [3.8, 4) is 17.2 Å². The van der Waals surface area contributed by atoms with Crippen LogP contribution in [0.1, 0.15) is 11.4 Å². The molecular formula is C22H25F2N3O4. The van der Waals surface area contributed by atoms with Gasteiger partial charge in [-0.1, -0.05) is 0 Å². The maximum absolute atomic E-state index is 14.6. The van der Waals surface area contributed by atoms with E-state index in [-0.39, 0.29) is 19.0 Å². The fourth-order valence-electron chi connectivity index (χ4n) is 3.87. The summed E-state index contributed by atoms with van der Waals surface area (Å²) < 4.78 is 49.8. The average molecular weight is 433 g/mol. The number of fused-ring (bicyclic) bond motifs is 1. The molecule has 0 bridgehead atoms. The van der Waals surface area contributed by atoms with Crippen LogP contribution >= 0.6 is 0 Å². The van der Waals surface area contributed by atoms with Crippen molar-refractivity contribution in [1.82, 2.24) is 14.9 Å². The quantitative estimate of drug-likeness (QED) is 0.587. The Balaban J connectivity index is 1.39. The average Bonchev–Trinajstić information content (AvgIpc) is 3.33. The number of aromatic amines is 1. The highest BCUT2D eigenvalue weighted by molar-refractivity contribution is 5.74. The third-order valence-corrected chi connectivity index (χ3v) is 5.33. The number of hydrogen-bond acceptors (Lipinski definition) is 6. The van der Waals surface area contributed by atoms with Crippen molar-refractivity contribution in [2.45, 2.75) is 25.4 Å². The number of rotatable bonds is 8. The highest BCUT2D eigenvalue weighted by Crippen LogP contribution is 2.38. The number of benzene rings is 2. The van der Waals surface area contributed by atoms with Crippen LogP contribution in [0, 0.1) is 5.82 Å². The molecule has 0 saturated carbocycles. The minimum Gasteiger partial charge on any atom is -0.493 e. The molecule has 166 valence electrons. The molecule has 0 aliphatic carbocycles. The standard InChI is InChI=1S/C22H25F2N3O4/c1-28-18-6-13(7-19(29-2)22(18)30-3)9-27-10-15(24)20(11-27)31-12-21-25-16-5-4-14(23)8-17(16)26-21/h4-8,15,20H,9-12H2,1-3H3,(H,25,26). The molecule has 2 unspecified atom stereocenters. The summed E-state index contributed by atoms with van der Waals surface area (Å²) in [6.07, 6.45) is -1.70. The van der Waals surface area contributed by atoms with Gasteiger partial charge in [-0.15, -0.1) is 0 Å². The minimum absolute atomic E-state index is 0.124. The molecule has 1 N–H and O–H groups in total. The second-order valence-corrected chi connectivity index (χ2v) is 7.44. The largest absolute Gasteiger partial charge is 0.493 e. The Kier molecular flexibility index (Phi) is 6.24. The second kappa shape index (κ2) is 9.07. The Morgan fingerprint density at radius 2 is 1.81 bits per heavy atom. The lowest BCUT2D eigenvalue weighted by molar-refractivity contribution is 0.00863. The first-order chi connectivity index (χ1) is 15.0. The van der Waals surface area contributed by atoms with E-state index >= 15 is 0 Å². The molecule has 7 nitrogen and oxygen atoms in total. The molecule has 1 aliphatic rings. The molecule has 31 heavy (non-hydrogen) atoms. The van der Waals surface area contributed by atoms with E-state index in [9.17, 15) is 8.78 Å². The van der Waals surface area contributed by atoms with Crippen molar-refractivity contribution in [2.24, 2.45) is 0 Å². The van der Waals surface area contributed by atoms with Crippen LogP contribution in [0.5, 0.6) is 17.2 Å². The Bertz CT molecular complexity index is 1030. The van der Waals surface area contributed by atoms with Gasteiger partial charge in [-0.25, -0.2) is 13.8 Å². The predicted molar refractivity (Wildman–Crippen MR) is 111 cm³/mol. The van der Waals surface area contributed by atoms with Crippen LogP contribution in [0.15, 0.2) is 30.3 Å². The van der Waals surface area contributed by atoms with E-state index in [4.69, 9.17) is 18.9 Å². The highest BCUT2D eigenvalue weighted by Gasteiger charge is 2.34. The van der Waals surface area contributed by atoms with Crippen molar-refractivity contribution < 1.29 is 27.7 Å². The number of imidazole rings is 1. The van der Waals surface area contributed by atoms with Crippen molar-refractivity contribution in [2.75, 3.05) is 34.4 Å². The number of nitrogens with one attached hydrogen (secondary N) is 1. The van der Waals surface area contributed by atoms with E-state index in [2.05, 4.69) is 9.97 Å². The van der Waals surface area contributed by atoms with Gasteiger partial charge < -0.3 is 23.9 Å². The summed E-state index contributed by atoms with van der Waals surface area (Å²) in [5.74, 6) is 1.83. The number of halogens is 2. The van der Waals surface area contributed by atoms with Gasteiger partial charge in [-0.2, -0.15) is 0 Å². The first kappa shape index (κ1) is 21.3. The van der Waals surface area contributed by atoms with Crippen LogP contribution in [0.2, 0.25) is 0 Å². The molecule has 9 heteroatoms. The van der Waals surface area contributed by atoms with E-state index in [1.54, 1.807) is 27.4 Å². The van der Waals surface area contributed by atoms with Crippen LogP contribution in [-0.2, 0) is 17.9 Å². The van der Waals surface area contributed by atoms with Gasteiger partial charge in [0.25, 0.3) is 0 Å². The van der Waals surface area contributed by atoms with Gasteiger partial charge >= 0.3 is 0 Å². The third kappa shape index (κ3) is 4.57. The number of ether oxygens (including phenoxy) is 4. The number of likely N-dealkylation sites (tertiary alicyclic amines) is 1. The van der Waals surface area contributed by atoms with Crippen LogP contribution < -0.4 is 14.2 Å². The van der Waals surface area contributed by atoms with Crippen LogP contribution in [-0.4, -0.2) is 61.6 Å². The van der Waals surface area contributed by atoms with Crippen molar-refractivity contribution in [3.63, 3.8) is 0 Å². The van der Waals surface area contributed by atoms with Crippen molar-refractivity contribution in [1.29, 1.82) is 0 Å². The van der Waals surface area contributed by atoms with E-state index in [0.717, 1.165) is 5.56 Å². The SMILES string of the molecule is COc1cc(CN2CC(F)C(OCc3nc4ccc(F)cc4[nH]3)C2)cc(OC)c1OC. The van der Waals surface area contributed by atoms with Crippen LogP contribution in [0.25, 0.3) is 11.0 Å². The molecule has 0 amide bonds. The summed E-state index contributed by atoms with van der Waals surface area (Å²) in [5.41, 5.74) is 2.15. The summed E-state index contributed by atoms with van der Waals surface area (Å²) in [4.78, 5) is 9.34. The van der Waals surface area contributed by atoms with Gasteiger partial charge in [0, 0.05) is 19.6 Å². The lowest BCUT2D eigenvalue weighted by Crippen LogP contribution is -2.24. The fourth-order valence-corrected chi connectivity index (χ4v) is 3.87. The normalized spacial score (nSPS) is 19.1. The summed E-state index contributed by atoms with van der Waals surface area (Å²) in [6, 6.07) is 8.03. The maximum Gasteiger partial charge on any atom is 0.203 e. The zero-order chi connectivity index (χ0) is 22.0. The Morgan fingerprint density at radius 1 is 1.06 bits per heavy atom. The maximum atomic E-state index is 14.6. The predicted octanol–water partition coefficient (Wildman–Crippen LogP) is 3.47. The van der Waals surface area contributed by atoms with E-state index < -0.39 is 12.3 Å². The number of hydrogen-bond donors (Lipinski definition) is 1. The number of nitrogens with zero attached hydrogens (tertiary/aromatic N) is 2. The number of alkyl halides is 1. The molecule has 2 aromatic carbocycles. The molecule has 0 radical (unpaired) electrons. The molecule has 3 aromatic rings. The van der Waals surface area contributed by atoms with E-state index in [1.165, 1.54) is 12.1 Å². The lowest BCUT2D eigenvalue weighted by atomic mass is 10.1. The first-order valence-corrected chi connectivity index (χ1v) is 9.91. The molecular weight excluding hydrogens is 408 g/mol. The van der Waals surface area contributed by atoms with Gasteiger partial charge in [0.15, 0.2) is 11.5 Å². The molecule has 4 rings (SSSR count). The Morgan fingerprint density at radius 3 is 2.48 bits per heavy atom. The van der Waals surface area contributed by atoms with Crippen LogP contribution in [0.4, 0.5) is 8.78 Å². The van der Waals surface area contributed by atoms with E-state index in [0.29, 0.717) is 47.2 Å². The molecule has 1 fully saturated rings. The van der Waals surface area contributed by atoms with Gasteiger partial charge in [0.2, 0.25) is 5.75 Å². The molecule has 0 spiro atoms. The molecule has 1 saturated heterocycles. The number of H-pyrrole nitrogens is 1. The highest BCUT2D eigenvalue weighted by atomic mass is 19.1. The molecule has 1 aromatic heterocycles. The molecule has 2 heterocycles. The van der Waals surface area contributed by atoms with E-state index in [1.807, 2.05) is 17.0 Å². The first-order valence-electron chi connectivity index (χ1n) is 9.91. The summed E-state index contributed by atoms with van der Waals surface area (Å²) in [6.45, 7) is 1.33. The van der Waals surface area contributed by atoms with Gasteiger partial charge in [-0.3, -0.25) is 4.90 Å². The second-order valence-electron chi connectivity index (χ2n) is 7.44. The fraction of sp³-hybridized carbons (Fsp3) is 0.409. The summed E-state index contributed by atoms with van der Waals surface area (Å²) in [7, 11) is 4.67. The lowest BCUT2D eigenvalue weighted by Gasteiger charge is -2.18. The van der Waals surface area contributed by atoms with Gasteiger partial charge in [0.05, 0.1) is 32.4 Å². The van der Waals surface area contributed by atoms with Crippen molar-refractivity contribution in [3.05, 3.63) is 47.5 Å². The van der Waals surface area contributed by atoms with Gasteiger partial charge in [0.1, 0.15) is 30.5 Å². The zero-order valence-electron chi connectivity index (χ0n) is 17.7. The molecule has 1 aliphatic heterocycles. The zero-order valence-corrected chi connectivity index (χ0v) is 17.7.